The maximum atomic E-state index is 12.2. The van der Waals surface area contributed by atoms with Crippen LogP contribution in [0, 0.1) is 0 Å². The molecule has 0 amide bonds. The first-order chi connectivity index (χ1) is 10.1. The lowest BCUT2D eigenvalue weighted by atomic mass is 10.2. The molecule has 0 saturated heterocycles. The summed E-state index contributed by atoms with van der Waals surface area (Å²) in [5.41, 5.74) is 5.47. The first kappa shape index (κ1) is 15.6. The van der Waals surface area contributed by atoms with Crippen LogP contribution in [0.25, 0.3) is 0 Å². The van der Waals surface area contributed by atoms with Crippen LogP contribution in [0.15, 0.2) is 9.59 Å². The number of aromatic amines is 1. The SMILES string of the molecule is CCCn1c(N)c(N(CCO)C2CCCC2)c(=O)[nH]c1=O. The summed E-state index contributed by atoms with van der Waals surface area (Å²) >= 11 is 0. The highest BCUT2D eigenvalue weighted by Gasteiger charge is 2.27. The number of aromatic nitrogens is 2. The number of aliphatic hydroxyl groups excluding tert-OH is 1. The highest BCUT2D eigenvalue weighted by molar-refractivity contribution is 5.63. The Labute approximate surface area is 123 Å². The zero-order valence-corrected chi connectivity index (χ0v) is 12.5. The van der Waals surface area contributed by atoms with Crippen LogP contribution in [0.2, 0.25) is 0 Å². The second-order valence-corrected chi connectivity index (χ2v) is 5.50. The Bertz CT molecular complexity index is 587. The lowest BCUT2D eigenvalue weighted by molar-refractivity contribution is 0.297. The number of H-pyrrole nitrogens is 1. The van der Waals surface area contributed by atoms with Crippen LogP contribution in [0.3, 0.4) is 0 Å². The average Bonchev–Trinajstić information content (AvgIpc) is 2.96. The van der Waals surface area contributed by atoms with Crippen molar-refractivity contribution in [2.24, 2.45) is 0 Å². The van der Waals surface area contributed by atoms with E-state index in [1.807, 2.05) is 11.8 Å². The smallest absolute Gasteiger partial charge is 0.330 e. The fraction of sp³-hybridized carbons (Fsp3) is 0.714. The maximum absolute atomic E-state index is 12.2. The van der Waals surface area contributed by atoms with Crippen molar-refractivity contribution in [2.75, 3.05) is 23.8 Å². The number of nitrogens with one attached hydrogen (secondary N) is 1. The third-order valence-electron chi connectivity index (χ3n) is 4.05. The van der Waals surface area contributed by atoms with Crippen molar-refractivity contribution in [3.8, 4) is 0 Å². The molecule has 0 spiro atoms. The van der Waals surface area contributed by atoms with Gasteiger partial charge in [0, 0.05) is 19.1 Å². The molecule has 1 fully saturated rings. The minimum Gasteiger partial charge on any atom is -0.395 e. The molecular formula is C14H24N4O3. The molecule has 1 heterocycles. The fourth-order valence-corrected chi connectivity index (χ4v) is 3.10. The first-order valence-electron chi connectivity index (χ1n) is 7.60. The number of nitrogens with two attached hydrogens (primary N) is 1. The summed E-state index contributed by atoms with van der Waals surface area (Å²) in [6.07, 6.45) is 4.93. The molecule has 0 aliphatic heterocycles. The van der Waals surface area contributed by atoms with Crippen molar-refractivity contribution in [1.29, 1.82) is 0 Å². The minimum absolute atomic E-state index is 0.0533. The van der Waals surface area contributed by atoms with E-state index in [4.69, 9.17) is 5.73 Å². The summed E-state index contributed by atoms with van der Waals surface area (Å²) in [7, 11) is 0. The molecule has 1 aromatic heterocycles. The number of anilines is 2. The van der Waals surface area contributed by atoms with E-state index in [2.05, 4.69) is 4.98 Å². The number of hydrogen-bond acceptors (Lipinski definition) is 5. The van der Waals surface area contributed by atoms with Gasteiger partial charge in [-0.1, -0.05) is 19.8 Å². The number of nitrogen functional groups attached to an aromatic ring is 1. The normalized spacial score (nSPS) is 15.5. The summed E-state index contributed by atoms with van der Waals surface area (Å²) in [5, 5.41) is 9.30. The van der Waals surface area contributed by atoms with Crippen LogP contribution in [0.5, 0.6) is 0 Å². The Balaban J connectivity index is 2.50. The molecule has 1 saturated carbocycles. The molecule has 21 heavy (non-hydrogen) atoms. The second-order valence-electron chi connectivity index (χ2n) is 5.50. The first-order valence-corrected chi connectivity index (χ1v) is 7.60. The predicted octanol–water partition coefficient (Wildman–Crippen LogP) is 0.270. The van der Waals surface area contributed by atoms with Gasteiger partial charge in [-0.05, 0) is 19.3 Å². The zero-order chi connectivity index (χ0) is 15.4. The van der Waals surface area contributed by atoms with Crippen molar-refractivity contribution < 1.29 is 5.11 Å². The Morgan fingerprint density at radius 3 is 2.62 bits per heavy atom. The second kappa shape index (κ2) is 6.80. The number of rotatable bonds is 6. The van der Waals surface area contributed by atoms with Gasteiger partial charge in [-0.3, -0.25) is 14.3 Å². The topological polar surface area (TPSA) is 104 Å². The summed E-state index contributed by atoms with van der Waals surface area (Å²) < 4.78 is 1.40. The van der Waals surface area contributed by atoms with E-state index in [1.54, 1.807) is 0 Å². The van der Waals surface area contributed by atoms with Gasteiger partial charge in [0.15, 0.2) is 0 Å². The van der Waals surface area contributed by atoms with Crippen LogP contribution < -0.4 is 21.9 Å². The van der Waals surface area contributed by atoms with Crippen molar-refractivity contribution in [3.05, 3.63) is 20.8 Å². The van der Waals surface area contributed by atoms with Crippen molar-refractivity contribution >= 4 is 11.5 Å². The van der Waals surface area contributed by atoms with Gasteiger partial charge in [0.05, 0.1) is 6.61 Å². The van der Waals surface area contributed by atoms with Crippen LogP contribution in [0.4, 0.5) is 11.5 Å². The largest absolute Gasteiger partial charge is 0.395 e. The number of hydrogen-bond donors (Lipinski definition) is 3. The molecule has 0 aromatic carbocycles. The van der Waals surface area contributed by atoms with E-state index in [1.165, 1.54) is 4.57 Å². The highest BCUT2D eigenvalue weighted by Crippen LogP contribution is 2.28. The summed E-state index contributed by atoms with van der Waals surface area (Å²) in [6.45, 7) is 2.70. The quantitative estimate of drug-likeness (QED) is 0.699. The molecule has 1 aliphatic rings. The summed E-state index contributed by atoms with van der Waals surface area (Å²) in [6, 6.07) is 0.202. The Kier molecular flexibility index (Phi) is 5.06. The molecule has 7 nitrogen and oxygen atoms in total. The van der Waals surface area contributed by atoms with Crippen molar-refractivity contribution in [1.82, 2.24) is 9.55 Å². The zero-order valence-electron chi connectivity index (χ0n) is 12.5. The number of nitrogens with zero attached hydrogens (tertiary/aromatic N) is 2. The highest BCUT2D eigenvalue weighted by atomic mass is 16.3. The summed E-state index contributed by atoms with van der Waals surface area (Å²) in [5.74, 6) is 0.200. The van der Waals surface area contributed by atoms with Gasteiger partial charge in [0.2, 0.25) is 0 Å². The monoisotopic (exact) mass is 296 g/mol. The van der Waals surface area contributed by atoms with Crippen molar-refractivity contribution in [2.45, 2.75) is 51.6 Å². The van der Waals surface area contributed by atoms with Gasteiger partial charge >= 0.3 is 5.69 Å². The molecule has 0 radical (unpaired) electrons. The predicted molar refractivity (Wildman–Crippen MR) is 82.7 cm³/mol. The third-order valence-corrected chi connectivity index (χ3v) is 4.05. The van der Waals surface area contributed by atoms with Gasteiger partial charge in [-0.2, -0.15) is 0 Å². The molecule has 2 rings (SSSR count). The molecule has 7 heteroatoms. The van der Waals surface area contributed by atoms with Gasteiger partial charge < -0.3 is 15.7 Å². The van der Waals surface area contributed by atoms with E-state index in [-0.39, 0.29) is 18.5 Å². The lowest BCUT2D eigenvalue weighted by Gasteiger charge is -2.31. The van der Waals surface area contributed by atoms with E-state index in [0.717, 1.165) is 32.1 Å². The molecule has 1 aromatic rings. The molecule has 0 unspecified atom stereocenters. The molecule has 118 valence electrons. The van der Waals surface area contributed by atoms with E-state index >= 15 is 0 Å². The fourth-order valence-electron chi connectivity index (χ4n) is 3.10. The molecule has 0 atom stereocenters. The Hall–Kier alpha value is -1.76. The van der Waals surface area contributed by atoms with Crippen LogP contribution in [0.1, 0.15) is 39.0 Å². The van der Waals surface area contributed by atoms with Crippen molar-refractivity contribution in [3.63, 3.8) is 0 Å². The van der Waals surface area contributed by atoms with Crippen LogP contribution in [-0.2, 0) is 6.54 Å². The molecular weight excluding hydrogens is 272 g/mol. The van der Waals surface area contributed by atoms with Gasteiger partial charge in [0.1, 0.15) is 11.5 Å². The number of aliphatic hydroxyl groups is 1. The minimum atomic E-state index is -0.474. The van der Waals surface area contributed by atoms with Crippen LogP contribution >= 0.6 is 0 Å². The maximum Gasteiger partial charge on any atom is 0.330 e. The lowest BCUT2D eigenvalue weighted by Crippen LogP contribution is -2.43. The Morgan fingerprint density at radius 2 is 2.05 bits per heavy atom. The van der Waals surface area contributed by atoms with Crippen LogP contribution in [-0.4, -0.2) is 33.9 Å². The van der Waals surface area contributed by atoms with E-state index < -0.39 is 11.2 Å². The third kappa shape index (κ3) is 3.12. The Morgan fingerprint density at radius 1 is 1.38 bits per heavy atom. The van der Waals surface area contributed by atoms with Gasteiger partial charge in [0.25, 0.3) is 5.56 Å². The van der Waals surface area contributed by atoms with E-state index in [9.17, 15) is 14.7 Å². The molecule has 0 bridgehead atoms. The van der Waals surface area contributed by atoms with Gasteiger partial charge in [-0.25, -0.2) is 4.79 Å². The summed E-state index contributed by atoms with van der Waals surface area (Å²) in [4.78, 5) is 28.3. The standard InChI is InChI=1S/C14H24N4O3/c1-2-7-18-12(15)11(13(20)16-14(18)21)17(8-9-19)10-5-3-4-6-10/h10,19H,2-9,15H2,1H3,(H,16,20,21). The molecule has 1 aliphatic carbocycles. The van der Waals surface area contributed by atoms with E-state index in [0.29, 0.717) is 18.8 Å². The average molecular weight is 296 g/mol. The van der Waals surface area contributed by atoms with Gasteiger partial charge in [-0.15, -0.1) is 0 Å². The molecule has 4 N–H and O–H groups in total.